The minimum Gasteiger partial charge on any atom is -0.467 e. The fourth-order valence-electron chi connectivity index (χ4n) is 2.92. The molecule has 2 aliphatic rings. The molecule has 2 aromatic rings. The SMILES string of the molecule is CC(C)C(=O)Oc1ccc2c(c1)O/C(=C\c1cc(Cl)cc3c1OCOC3)C2=O. The van der Waals surface area contributed by atoms with Crippen molar-refractivity contribution in [1.29, 1.82) is 0 Å². The van der Waals surface area contributed by atoms with Crippen LogP contribution in [0, 0.1) is 5.92 Å². The number of Topliss-reactive ketones (excluding diaryl/α,β-unsaturated/α-hetero) is 1. The summed E-state index contributed by atoms with van der Waals surface area (Å²) in [5, 5.41) is 0.505. The number of halogens is 1. The third-order valence-electron chi connectivity index (χ3n) is 4.32. The number of esters is 1. The number of carbonyl (C=O) groups is 2. The van der Waals surface area contributed by atoms with Crippen LogP contribution in [0.15, 0.2) is 36.1 Å². The zero-order valence-corrected chi connectivity index (χ0v) is 16.0. The molecule has 0 amide bonds. The van der Waals surface area contributed by atoms with Crippen LogP contribution in [-0.4, -0.2) is 18.5 Å². The van der Waals surface area contributed by atoms with Crippen molar-refractivity contribution in [3.63, 3.8) is 0 Å². The Morgan fingerprint density at radius 2 is 2.07 bits per heavy atom. The van der Waals surface area contributed by atoms with Crippen LogP contribution in [0.1, 0.15) is 35.3 Å². The quantitative estimate of drug-likeness (QED) is 0.432. The molecular formula is C21H17ClO6. The van der Waals surface area contributed by atoms with Gasteiger partial charge in [-0.15, -0.1) is 0 Å². The van der Waals surface area contributed by atoms with Gasteiger partial charge in [0.05, 0.1) is 18.1 Å². The first-order valence-corrected chi connectivity index (χ1v) is 9.13. The summed E-state index contributed by atoms with van der Waals surface area (Å²) in [6, 6.07) is 8.16. The van der Waals surface area contributed by atoms with Crippen molar-refractivity contribution in [2.75, 3.05) is 6.79 Å². The summed E-state index contributed by atoms with van der Waals surface area (Å²) in [6.07, 6.45) is 1.60. The number of allylic oxidation sites excluding steroid dienone is 1. The summed E-state index contributed by atoms with van der Waals surface area (Å²) in [6.45, 7) is 4.00. The number of carbonyl (C=O) groups excluding carboxylic acids is 2. The molecule has 2 heterocycles. The Hall–Kier alpha value is -2.83. The van der Waals surface area contributed by atoms with Crippen molar-refractivity contribution >= 4 is 29.4 Å². The predicted molar refractivity (Wildman–Crippen MR) is 102 cm³/mol. The van der Waals surface area contributed by atoms with Gasteiger partial charge in [0.25, 0.3) is 0 Å². The highest BCUT2D eigenvalue weighted by Crippen LogP contribution is 2.38. The van der Waals surface area contributed by atoms with Crippen LogP contribution in [0.25, 0.3) is 6.08 Å². The highest BCUT2D eigenvalue weighted by atomic mass is 35.5. The number of ether oxygens (including phenoxy) is 4. The van der Waals surface area contributed by atoms with Crippen molar-refractivity contribution in [3.05, 3.63) is 57.8 Å². The molecule has 0 radical (unpaired) electrons. The topological polar surface area (TPSA) is 71.1 Å². The van der Waals surface area contributed by atoms with E-state index in [0.717, 1.165) is 5.56 Å². The van der Waals surface area contributed by atoms with Gasteiger partial charge in [-0.2, -0.15) is 0 Å². The monoisotopic (exact) mass is 400 g/mol. The minimum absolute atomic E-state index is 0.129. The third kappa shape index (κ3) is 3.48. The van der Waals surface area contributed by atoms with E-state index >= 15 is 0 Å². The zero-order valence-electron chi connectivity index (χ0n) is 15.3. The molecule has 28 heavy (non-hydrogen) atoms. The van der Waals surface area contributed by atoms with E-state index in [1.54, 1.807) is 44.2 Å². The fourth-order valence-corrected chi connectivity index (χ4v) is 3.17. The lowest BCUT2D eigenvalue weighted by Gasteiger charge is -2.20. The Balaban J connectivity index is 1.65. The van der Waals surface area contributed by atoms with Crippen molar-refractivity contribution in [1.82, 2.24) is 0 Å². The predicted octanol–water partition coefficient (Wildman–Crippen LogP) is 4.38. The number of fused-ring (bicyclic) bond motifs is 2. The molecule has 0 saturated heterocycles. The van der Waals surface area contributed by atoms with Crippen LogP contribution in [0.2, 0.25) is 5.02 Å². The second-order valence-electron chi connectivity index (χ2n) is 6.77. The molecule has 2 aliphatic heterocycles. The van der Waals surface area contributed by atoms with Gasteiger partial charge in [0.15, 0.2) is 12.6 Å². The molecule has 0 aromatic heterocycles. The van der Waals surface area contributed by atoms with Gasteiger partial charge >= 0.3 is 5.97 Å². The molecule has 0 fully saturated rings. The number of benzene rings is 2. The van der Waals surface area contributed by atoms with Gasteiger partial charge < -0.3 is 18.9 Å². The molecule has 6 nitrogen and oxygen atoms in total. The Morgan fingerprint density at radius 3 is 2.86 bits per heavy atom. The van der Waals surface area contributed by atoms with Crippen molar-refractivity contribution < 1.29 is 28.5 Å². The molecule has 0 N–H and O–H groups in total. The summed E-state index contributed by atoms with van der Waals surface area (Å²) >= 11 is 6.17. The van der Waals surface area contributed by atoms with E-state index in [1.807, 2.05) is 0 Å². The van der Waals surface area contributed by atoms with E-state index in [1.165, 1.54) is 6.07 Å². The van der Waals surface area contributed by atoms with Crippen LogP contribution < -0.4 is 14.2 Å². The average molecular weight is 401 g/mol. The molecule has 4 rings (SSSR count). The maximum absolute atomic E-state index is 12.7. The molecule has 7 heteroatoms. The fraction of sp³-hybridized carbons (Fsp3) is 0.238. The van der Waals surface area contributed by atoms with Gasteiger partial charge in [-0.05, 0) is 30.3 Å². The molecule has 0 aliphatic carbocycles. The van der Waals surface area contributed by atoms with Gasteiger partial charge in [0, 0.05) is 22.2 Å². The number of hydrogen-bond donors (Lipinski definition) is 0. The van der Waals surface area contributed by atoms with Crippen molar-refractivity contribution in [2.45, 2.75) is 20.5 Å². The Bertz CT molecular complexity index is 1010. The summed E-state index contributed by atoms with van der Waals surface area (Å²) in [5.41, 5.74) is 1.83. The molecule has 0 spiro atoms. The van der Waals surface area contributed by atoms with Gasteiger partial charge in [-0.1, -0.05) is 25.4 Å². The molecule has 144 valence electrons. The second kappa shape index (κ2) is 7.30. The summed E-state index contributed by atoms with van der Waals surface area (Å²) in [4.78, 5) is 24.5. The molecule has 2 aromatic carbocycles. The van der Waals surface area contributed by atoms with Crippen LogP contribution in [0.5, 0.6) is 17.2 Å². The van der Waals surface area contributed by atoms with E-state index in [-0.39, 0.29) is 30.2 Å². The van der Waals surface area contributed by atoms with Gasteiger partial charge in [0.1, 0.15) is 17.2 Å². The lowest BCUT2D eigenvalue weighted by molar-refractivity contribution is -0.137. The highest BCUT2D eigenvalue weighted by molar-refractivity contribution is 6.31. The molecule has 0 unspecified atom stereocenters. The Morgan fingerprint density at radius 1 is 1.25 bits per heavy atom. The van der Waals surface area contributed by atoms with Gasteiger partial charge in [-0.3, -0.25) is 9.59 Å². The summed E-state index contributed by atoms with van der Waals surface area (Å²) < 4.78 is 21.8. The van der Waals surface area contributed by atoms with Crippen LogP contribution in [0.3, 0.4) is 0 Å². The third-order valence-corrected chi connectivity index (χ3v) is 4.54. The smallest absolute Gasteiger partial charge is 0.313 e. The van der Waals surface area contributed by atoms with Gasteiger partial charge in [0.2, 0.25) is 5.78 Å². The first-order valence-electron chi connectivity index (χ1n) is 8.75. The maximum Gasteiger partial charge on any atom is 0.313 e. The van der Waals surface area contributed by atoms with Crippen molar-refractivity contribution in [3.8, 4) is 17.2 Å². The van der Waals surface area contributed by atoms with E-state index < -0.39 is 0 Å². The lowest BCUT2D eigenvalue weighted by Crippen LogP contribution is -2.14. The maximum atomic E-state index is 12.7. The molecule has 0 atom stereocenters. The number of ketones is 1. The van der Waals surface area contributed by atoms with E-state index in [2.05, 4.69) is 0 Å². The van der Waals surface area contributed by atoms with E-state index in [0.29, 0.717) is 40.0 Å². The summed E-state index contributed by atoms with van der Waals surface area (Å²) in [7, 11) is 0. The lowest BCUT2D eigenvalue weighted by atomic mass is 10.1. The molecule has 0 saturated carbocycles. The molecule has 0 bridgehead atoms. The summed E-state index contributed by atoms with van der Waals surface area (Å²) in [5.74, 6) is 0.535. The standard InChI is InChI=1S/C21H17ClO6/c1-11(2)21(24)27-15-3-4-16-17(8-15)28-18(19(16)23)7-12-5-14(22)6-13-9-25-10-26-20(12)13/h3-8,11H,9-10H2,1-2H3/b18-7-. The zero-order chi connectivity index (χ0) is 19.8. The Kier molecular flexibility index (Phi) is 4.83. The number of rotatable bonds is 3. The molecular weight excluding hydrogens is 384 g/mol. The van der Waals surface area contributed by atoms with Gasteiger partial charge in [-0.25, -0.2) is 0 Å². The average Bonchev–Trinajstić information content (AvgIpc) is 2.96. The normalized spacial score (nSPS) is 16.4. The minimum atomic E-state index is -0.357. The van der Waals surface area contributed by atoms with E-state index in [4.69, 9.17) is 30.5 Å². The number of hydrogen-bond acceptors (Lipinski definition) is 6. The van der Waals surface area contributed by atoms with Crippen LogP contribution >= 0.6 is 11.6 Å². The highest BCUT2D eigenvalue weighted by Gasteiger charge is 2.29. The van der Waals surface area contributed by atoms with E-state index in [9.17, 15) is 9.59 Å². The first-order chi connectivity index (χ1) is 13.4. The largest absolute Gasteiger partial charge is 0.467 e. The Labute approximate surface area is 166 Å². The second-order valence-corrected chi connectivity index (χ2v) is 7.20. The first kappa shape index (κ1) is 18.5. The van der Waals surface area contributed by atoms with Crippen molar-refractivity contribution in [2.24, 2.45) is 5.92 Å². The van der Waals surface area contributed by atoms with Crippen LogP contribution in [0.4, 0.5) is 0 Å². The van der Waals surface area contributed by atoms with Crippen LogP contribution in [-0.2, 0) is 16.1 Å².